The largest absolute Gasteiger partial charge is 0.361 e. The number of aryl methyl sites for hydroxylation is 3. The van der Waals surface area contributed by atoms with Crippen molar-refractivity contribution in [1.82, 2.24) is 24.3 Å². The van der Waals surface area contributed by atoms with Gasteiger partial charge in [-0.25, -0.2) is 4.98 Å². The van der Waals surface area contributed by atoms with E-state index < -0.39 is 0 Å². The van der Waals surface area contributed by atoms with Gasteiger partial charge in [0.2, 0.25) is 5.13 Å². The van der Waals surface area contributed by atoms with Crippen LogP contribution in [-0.4, -0.2) is 24.3 Å². The zero-order valence-corrected chi connectivity index (χ0v) is 19.0. The fourth-order valence-electron chi connectivity index (χ4n) is 4.51. The van der Waals surface area contributed by atoms with E-state index in [-0.39, 0.29) is 11.1 Å². The van der Waals surface area contributed by atoms with E-state index in [1.807, 2.05) is 37.4 Å². The Balaban J connectivity index is 1.41. The highest BCUT2D eigenvalue weighted by Gasteiger charge is 2.17. The number of hydrogen-bond donors (Lipinski definition) is 2. The van der Waals surface area contributed by atoms with Crippen LogP contribution in [0.25, 0.3) is 37.2 Å². The van der Waals surface area contributed by atoms with Gasteiger partial charge in [-0.15, -0.1) is 0 Å². The van der Waals surface area contributed by atoms with Crippen molar-refractivity contribution in [3.8, 4) is 5.13 Å². The molecule has 0 spiro atoms. The summed E-state index contributed by atoms with van der Waals surface area (Å²) in [5.74, 6) is 0. The molecule has 0 fully saturated rings. The number of nitrogens with one attached hydrogen (secondary N) is 2. The third kappa shape index (κ3) is 3.14. The molecule has 6 rings (SSSR count). The molecule has 0 saturated carbocycles. The highest BCUT2D eigenvalue weighted by molar-refractivity contribution is 7.20. The molecule has 7 nitrogen and oxygen atoms in total. The minimum absolute atomic E-state index is 0.131. The van der Waals surface area contributed by atoms with Gasteiger partial charge in [0, 0.05) is 35.4 Å². The maximum absolute atomic E-state index is 13.3. The number of fused-ring (bicyclic) bond motifs is 3. The molecule has 4 aromatic heterocycles. The molecule has 0 atom stereocenters. The topological polar surface area (TPSA) is 88.5 Å². The minimum Gasteiger partial charge on any atom is -0.361 e. The Labute approximate surface area is 191 Å². The first kappa shape index (κ1) is 19.8. The van der Waals surface area contributed by atoms with E-state index in [0.29, 0.717) is 34.7 Å². The zero-order chi connectivity index (χ0) is 22.7. The van der Waals surface area contributed by atoms with Crippen molar-refractivity contribution in [2.24, 2.45) is 0 Å². The molecule has 6 aromatic rings. The Bertz CT molecular complexity index is 1760. The number of H-pyrrole nitrogens is 2. The summed E-state index contributed by atoms with van der Waals surface area (Å²) in [5, 5.41) is 5.33. The van der Waals surface area contributed by atoms with E-state index in [2.05, 4.69) is 40.2 Å². The molecular weight excluding hydrogens is 434 g/mol. The molecule has 4 heterocycles. The number of rotatable bonds is 4. The number of aromatic nitrogens is 5. The van der Waals surface area contributed by atoms with Gasteiger partial charge in [-0.1, -0.05) is 35.1 Å². The quantitative estimate of drug-likeness (QED) is 0.412. The minimum atomic E-state index is -0.196. The number of pyridine rings is 1. The second-order valence-electron chi connectivity index (χ2n) is 8.34. The molecule has 0 amide bonds. The SMILES string of the molecule is Cc1ccc2[nH]cc(CCn3c(C)c4c(=O)n(-c5nc6ccccc6s5)[nH]c4cc3=O)c2c1. The molecule has 0 aliphatic heterocycles. The predicted molar refractivity (Wildman–Crippen MR) is 133 cm³/mol. The zero-order valence-electron chi connectivity index (χ0n) is 18.2. The molecule has 33 heavy (non-hydrogen) atoms. The van der Waals surface area contributed by atoms with Crippen LogP contribution in [0.1, 0.15) is 16.8 Å². The average molecular weight is 456 g/mol. The first-order chi connectivity index (χ1) is 16.0. The summed E-state index contributed by atoms with van der Waals surface area (Å²) in [6.45, 7) is 4.40. The van der Waals surface area contributed by atoms with E-state index in [1.54, 1.807) is 4.57 Å². The number of nitrogens with zero attached hydrogens (tertiary/aromatic N) is 3. The lowest BCUT2D eigenvalue weighted by Gasteiger charge is -2.10. The van der Waals surface area contributed by atoms with Gasteiger partial charge < -0.3 is 9.55 Å². The van der Waals surface area contributed by atoms with Crippen LogP contribution in [0.4, 0.5) is 0 Å². The van der Waals surface area contributed by atoms with Gasteiger partial charge >= 0.3 is 0 Å². The van der Waals surface area contributed by atoms with Gasteiger partial charge in [-0.05, 0) is 50.1 Å². The molecule has 2 N–H and O–H groups in total. The Kier molecular flexibility index (Phi) is 4.38. The second-order valence-corrected chi connectivity index (χ2v) is 9.35. The summed E-state index contributed by atoms with van der Waals surface area (Å²) in [5.41, 5.74) is 5.14. The number of aromatic amines is 2. The molecule has 0 unspecified atom stereocenters. The lowest BCUT2D eigenvalue weighted by Crippen LogP contribution is -2.24. The number of hydrogen-bond acceptors (Lipinski definition) is 4. The van der Waals surface area contributed by atoms with Gasteiger partial charge in [0.05, 0.1) is 21.1 Å². The standard InChI is InChI=1S/C25H21N5O2S/c1-14-7-8-18-17(11-14)16(13-26-18)9-10-29-15(2)23-20(12-22(29)31)28-30(24(23)32)25-27-19-5-3-4-6-21(19)33-25/h3-8,11-13,26,28H,9-10H2,1-2H3. The van der Waals surface area contributed by atoms with Crippen LogP contribution >= 0.6 is 11.3 Å². The van der Waals surface area contributed by atoms with Gasteiger partial charge in [-0.2, -0.15) is 4.68 Å². The fourth-order valence-corrected chi connectivity index (χ4v) is 5.43. The van der Waals surface area contributed by atoms with Crippen molar-refractivity contribution in [2.75, 3.05) is 0 Å². The predicted octanol–water partition coefficient (Wildman–Crippen LogP) is 4.43. The Morgan fingerprint density at radius 2 is 1.88 bits per heavy atom. The third-order valence-electron chi connectivity index (χ3n) is 6.22. The molecule has 0 saturated heterocycles. The van der Waals surface area contributed by atoms with E-state index in [1.165, 1.54) is 33.0 Å². The van der Waals surface area contributed by atoms with Crippen LogP contribution in [0.5, 0.6) is 0 Å². The molecule has 2 aromatic carbocycles. The molecular formula is C25H21N5O2S. The highest BCUT2D eigenvalue weighted by Crippen LogP contribution is 2.25. The average Bonchev–Trinajstić information content (AvgIpc) is 3.48. The summed E-state index contributed by atoms with van der Waals surface area (Å²) in [6, 6.07) is 15.6. The van der Waals surface area contributed by atoms with Crippen LogP contribution in [-0.2, 0) is 13.0 Å². The molecule has 0 aliphatic carbocycles. The molecule has 0 radical (unpaired) electrons. The summed E-state index contributed by atoms with van der Waals surface area (Å²) in [7, 11) is 0. The smallest absolute Gasteiger partial charge is 0.282 e. The van der Waals surface area contributed by atoms with Crippen molar-refractivity contribution < 1.29 is 0 Å². The van der Waals surface area contributed by atoms with E-state index in [9.17, 15) is 9.59 Å². The van der Waals surface area contributed by atoms with Gasteiger partial charge in [0.15, 0.2) is 0 Å². The van der Waals surface area contributed by atoms with Crippen LogP contribution in [0.15, 0.2) is 64.3 Å². The van der Waals surface area contributed by atoms with E-state index >= 15 is 0 Å². The highest BCUT2D eigenvalue weighted by atomic mass is 32.1. The number of thiazole rings is 1. The van der Waals surface area contributed by atoms with E-state index in [0.717, 1.165) is 21.3 Å². The number of benzene rings is 2. The molecule has 8 heteroatoms. The van der Waals surface area contributed by atoms with Gasteiger partial charge in [0.1, 0.15) is 0 Å². The Hall–Kier alpha value is -3.91. The van der Waals surface area contributed by atoms with Gasteiger partial charge in [-0.3, -0.25) is 14.7 Å². The number of para-hydroxylation sites is 1. The van der Waals surface area contributed by atoms with Crippen molar-refractivity contribution in [1.29, 1.82) is 0 Å². The lowest BCUT2D eigenvalue weighted by atomic mass is 10.1. The van der Waals surface area contributed by atoms with Crippen LogP contribution < -0.4 is 11.1 Å². The van der Waals surface area contributed by atoms with Crippen LogP contribution in [0.3, 0.4) is 0 Å². The third-order valence-corrected chi connectivity index (χ3v) is 7.24. The maximum Gasteiger partial charge on any atom is 0.282 e. The fraction of sp³-hybridized carbons (Fsp3) is 0.160. The van der Waals surface area contributed by atoms with Crippen molar-refractivity contribution in [2.45, 2.75) is 26.8 Å². The Morgan fingerprint density at radius 3 is 2.73 bits per heavy atom. The molecule has 0 aliphatic rings. The van der Waals surface area contributed by atoms with Crippen LogP contribution in [0.2, 0.25) is 0 Å². The van der Waals surface area contributed by atoms with Crippen LogP contribution in [0, 0.1) is 13.8 Å². The second kappa shape index (κ2) is 7.31. The summed E-state index contributed by atoms with van der Waals surface area (Å²) >= 11 is 1.44. The first-order valence-corrected chi connectivity index (χ1v) is 11.6. The van der Waals surface area contributed by atoms with Gasteiger partial charge in [0.25, 0.3) is 11.1 Å². The Morgan fingerprint density at radius 1 is 1.03 bits per heavy atom. The normalized spacial score (nSPS) is 11.8. The van der Waals surface area contributed by atoms with E-state index in [4.69, 9.17) is 0 Å². The summed E-state index contributed by atoms with van der Waals surface area (Å²) < 4.78 is 4.13. The first-order valence-electron chi connectivity index (χ1n) is 10.8. The lowest BCUT2D eigenvalue weighted by molar-refractivity contribution is 0.656. The maximum atomic E-state index is 13.3. The van der Waals surface area contributed by atoms with Crippen molar-refractivity contribution >= 4 is 43.4 Å². The summed E-state index contributed by atoms with van der Waals surface area (Å²) in [6.07, 6.45) is 2.69. The summed E-state index contributed by atoms with van der Waals surface area (Å²) in [4.78, 5) is 34.1. The molecule has 0 bridgehead atoms. The van der Waals surface area contributed by atoms with Crippen molar-refractivity contribution in [3.63, 3.8) is 0 Å². The van der Waals surface area contributed by atoms with Crippen molar-refractivity contribution in [3.05, 3.63) is 92.3 Å². The molecule has 164 valence electrons. The monoisotopic (exact) mass is 455 g/mol.